The summed E-state index contributed by atoms with van der Waals surface area (Å²) in [6, 6.07) is 42.5. The van der Waals surface area contributed by atoms with E-state index in [0.29, 0.717) is 5.95 Å². The minimum absolute atomic E-state index is 0.682. The molecule has 0 aliphatic rings. The number of hydrogen-bond donors (Lipinski definition) is 0. The predicted octanol–water partition coefficient (Wildman–Crippen LogP) is 9.45. The van der Waals surface area contributed by atoms with Crippen molar-refractivity contribution < 1.29 is 4.42 Å². The first-order valence-corrected chi connectivity index (χ1v) is 13.4. The maximum Gasteiger partial charge on any atom is 0.235 e. The minimum Gasteiger partial charge on any atom is -0.456 e. The molecule has 6 aromatic carbocycles. The molecule has 4 nitrogen and oxygen atoms in total. The van der Waals surface area contributed by atoms with Gasteiger partial charge in [0.2, 0.25) is 5.95 Å². The SMILES string of the molecule is c1ccc2nc(-n3c4ccccc4c4c5ccc(-c6ccc7oc8ccccc8c7c6)cc5ccc43)ncc2c1. The fourth-order valence-corrected chi connectivity index (χ4v) is 6.17. The number of hydrogen-bond acceptors (Lipinski definition) is 3. The minimum atomic E-state index is 0.682. The van der Waals surface area contributed by atoms with Gasteiger partial charge in [0.15, 0.2) is 0 Å². The molecule has 0 spiro atoms. The Hall–Kier alpha value is -5.48. The second-order valence-corrected chi connectivity index (χ2v) is 10.3. The van der Waals surface area contributed by atoms with Gasteiger partial charge in [0.25, 0.3) is 0 Å². The Morgan fingerprint density at radius 2 is 1.30 bits per heavy atom. The van der Waals surface area contributed by atoms with Crippen LogP contribution in [0.25, 0.3) is 82.5 Å². The molecule has 0 saturated heterocycles. The van der Waals surface area contributed by atoms with Gasteiger partial charge in [-0.05, 0) is 64.4 Å². The summed E-state index contributed by atoms with van der Waals surface area (Å²) in [5, 5.41) is 8.14. The van der Waals surface area contributed by atoms with Crippen molar-refractivity contribution in [2.45, 2.75) is 0 Å². The Morgan fingerprint density at radius 1 is 0.525 bits per heavy atom. The van der Waals surface area contributed by atoms with E-state index in [2.05, 4.69) is 89.5 Å². The zero-order valence-corrected chi connectivity index (χ0v) is 21.4. The molecule has 0 aliphatic heterocycles. The molecular weight excluding hydrogens is 490 g/mol. The van der Waals surface area contributed by atoms with E-state index in [1.54, 1.807) is 0 Å². The summed E-state index contributed by atoms with van der Waals surface area (Å²) in [5.74, 6) is 0.682. The second kappa shape index (κ2) is 8.01. The zero-order valence-electron chi connectivity index (χ0n) is 21.4. The summed E-state index contributed by atoms with van der Waals surface area (Å²) in [4.78, 5) is 9.71. The van der Waals surface area contributed by atoms with Crippen molar-refractivity contribution in [3.8, 4) is 17.1 Å². The van der Waals surface area contributed by atoms with Crippen LogP contribution >= 0.6 is 0 Å². The van der Waals surface area contributed by atoms with Crippen LogP contribution in [0.1, 0.15) is 0 Å². The van der Waals surface area contributed by atoms with E-state index in [-0.39, 0.29) is 0 Å². The topological polar surface area (TPSA) is 43.9 Å². The van der Waals surface area contributed by atoms with Gasteiger partial charge < -0.3 is 4.42 Å². The molecule has 3 heterocycles. The quantitative estimate of drug-likeness (QED) is 0.232. The number of fused-ring (bicyclic) bond motifs is 9. The highest BCUT2D eigenvalue weighted by atomic mass is 16.3. The van der Waals surface area contributed by atoms with Crippen molar-refractivity contribution in [2.24, 2.45) is 0 Å². The van der Waals surface area contributed by atoms with Crippen LogP contribution < -0.4 is 0 Å². The first-order chi connectivity index (χ1) is 19.8. The first kappa shape index (κ1) is 21.5. The highest BCUT2D eigenvalue weighted by Crippen LogP contribution is 2.38. The van der Waals surface area contributed by atoms with E-state index in [9.17, 15) is 0 Å². The Kier molecular flexibility index (Phi) is 4.30. The van der Waals surface area contributed by atoms with Gasteiger partial charge in [-0.3, -0.25) is 4.57 Å². The molecule has 0 bridgehead atoms. The summed E-state index contributed by atoms with van der Waals surface area (Å²) >= 11 is 0. The number of furan rings is 1. The third kappa shape index (κ3) is 3.01. The lowest BCUT2D eigenvalue weighted by Crippen LogP contribution is -2.00. The van der Waals surface area contributed by atoms with Crippen LogP contribution in [0, 0.1) is 0 Å². The highest BCUT2D eigenvalue weighted by Gasteiger charge is 2.17. The van der Waals surface area contributed by atoms with Gasteiger partial charge in [0.05, 0.1) is 16.6 Å². The van der Waals surface area contributed by atoms with Crippen molar-refractivity contribution in [1.29, 1.82) is 0 Å². The molecule has 0 radical (unpaired) electrons. The predicted molar refractivity (Wildman–Crippen MR) is 164 cm³/mol. The second-order valence-electron chi connectivity index (χ2n) is 10.3. The standard InChI is InChI=1S/C36H21N3O/c1-4-10-30-25(7-1)21-37-36(38-30)39-31-11-5-2-9-28(31)35-26-16-13-22(19-24(26)14-17-32(35)39)23-15-18-34-29(20-23)27-8-3-6-12-33(27)40-34/h1-21H. The monoisotopic (exact) mass is 511 g/mol. The smallest absolute Gasteiger partial charge is 0.235 e. The molecule has 0 unspecified atom stereocenters. The molecule has 4 heteroatoms. The summed E-state index contributed by atoms with van der Waals surface area (Å²) in [6.07, 6.45) is 1.91. The van der Waals surface area contributed by atoms with Crippen LogP contribution in [0.2, 0.25) is 0 Å². The average Bonchev–Trinajstić information content (AvgIpc) is 3.56. The molecule has 3 aromatic heterocycles. The van der Waals surface area contributed by atoms with Gasteiger partial charge in [0, 0.05) is 33.1 Å². The maximum atomic E-state index is 6.05. The number of rotatable bonds is 2. The molecule has 9 rings (SSSR count). The highest BCUT2D eigenvalue weighted by molar-refractivity contribution is 6.21. The van der Waals surface area contributed by atoms with E-state index in [1.807, 2.05) is 42.6 Å². The van der Waals surface area contributed by atoms with Crippen molar-refractivity contribution >= 4 is 65.4 Å². The molecule has 0 N–H and O–H groups in total. The summed E-state index contributed by atoms with van der Waals surface area (Å²) in [6.45, 7) is 0. The van der Waals surface area contributed by atoms with Crippen LogP contribution in [-0.4, -0.2) is 14.5 Å². The molecule has 0 amide bonds. The van der Waals surface area contributed by atoms with Crippen LogP contribution in [0.4, 0.5) is 0 Å². The largest absolute Gasteiger partial charge is 0.456 e. The van der Waals surface area contributed by atoms with Gasteiger partial charge in [-0.1, -0.05) is 78.9 Å². The molecule has 0 atom stereocenters. The summed E-state index contributed by atoms with van der Waals surface area (Å²) < 4.78 is 8.24. The molecule has 0 saturated carbocycles. The molecule has 9 aromatic rings. The third-order valence-electron chi connectivity index (χ3n) is 8.04. The first-order valence-electron chi connectivity index (χ1n) is 13.4. The van der Waals surface area contributed by atoms with Gasteiger partial charge in [-0.2, -0.15) is 0 Å². The van der Waals surface area contributed by atoms with Crippen molar-refractivity contribution in [1.82, 2.24) is 14.5 Å². The van der Waals surface area contributed by atoms with E-state index < -0.39 is 0 Å². The van der Waals surface area contributed by atoms with Crippen molar-refractivity contribution in [2.75, 3.05) is 0 Å². The van der Waals surface area contributed by atoms with E-state index in [0.717, 1.165) is 43.9 Å². The van der Waals surface area contributed by atoms with E-state index in [1.165, 1.54) is 32.7 Å². The number of nitrogens with zero attached hydrogens (tertiary/aromatic N) is 3. The molecule has 40 heavy (non-hydrogen) atoms. The Balaban J connectivity index is 1.27. The molecule has 0 fully saturated rings. The van der Waals surface area contributed by atoms with Crippen LogP contribution in [0.5, 0.6) is 0 Å². The summed E-state index contributed by atoms with van der Waals surface area (Å²) in [5.41, 5.74) is 7.32. The van der Waals surface area contributed by atoms with Gasteiger partial charge in [0.1, 0.15) is 11.2 Å². The van der Waals surface area contributed by atoms with E-state index in [4.69, 9.17) is 14.4 Å². The van der Waals surface area contributed by atoms with Crippen molar-refractivity contribution in [3.63, 3.8) is 0 Å². The third-order valence-corrected chi connectivity index (χ3v) is 8.04. The number of benzene rings is 6. The normalized spacial score (nSPS) is 12.0. The summed E-state index contributed by atoms with van der Waals surface area (Å²) in [7, 11) is 0. The number of para-hydroxylation sites is 3. The molecular formula is C36H21N3O. The average molecular weight is 512 g/mol. The van der Waals surface area contributed by atoms with E-state index >= 15 is 0 Å². The maximum absolute atomic E-state index is 6.05. The Morgan fingerprint density at radius 3 is 2.27 bits per heavy atom. The lowest BCUT2D eigenvalue weighted by Gasteiger charge is -2.08. The Bertz CT molecular complexity index is 2450. The molecule has 186 valence electrons. The molecule has 0 aliphatic carbocycles. The number of aromatic nitrogens is 3. The van der Waals surface area contributed by atoms with Gasteiger partial charge >= 0.3 is 0 Å². The lowest BCUT2D eigenvalue weighted by molar-refractivity contribution is 0.669. The van der Waals surface area contributed by atoms with Crippen molar-refractivity contribution in [3.05, 3.63) is 128 Å². The zero-order chi connectivity index (χ0) is 26.2. The van der Waals surface area contributed by atoms with Gasteiger partial charge in [-0.15, -0.1) is 0 Å². The fourth-order valence-electron chi connectivity index (χ4n) is 6.17. The lowest BCUT2D eigenvalue weighted by atomic mass is 9.97. The van der Waals surface area contributed by atoms with Crippen LogP contribution in [-0.2, 0) is 0 Å². The van der Waals surface area contributed by atoms with Crippen LogP contribution in [0.15, 0.2) is 132 Å². The Labute approximate surface area is 228 Å². The van der Waals surface area contributed by atoms with Gasteiger partial charge in [-0.25, -0.2) is 9.97 Å². The van der Waals surface area contributed by atoms with Crippen LogP contribution in [0.3, 0.4) is 0 Å². The fraction of sp³-hybridized carbons (Fsp3) is 0.